The van der Waals surface area contributed by atoms with Gasteiger partial charge in [0.05, 0.1) is 6.04 Å². The van der Waals surface area contributed by atoms with E-state index in [1.807, 2.05) is 70.3 Å². The normalized spacial score (nSPS) is 16.8. The van der Waals surface area contributed by atoms with E-state index >= 15 is 0 Å². The summed E-state index contributed by atoms with van der Waals surface area (Å²) in [4.78, 5) is 27.2. The lowest BCUT2D eigenvalue weighted by Gasteiger charge is -2.30. The van der Waals surface area contributed by atoms with Gasteiger partial charge in [0, 0.05) is 36.3 Å². The van der Waals surface area contributed by atoms with E-state index in [0.29, 0.717) is 32.0 Å². The zero-order valence-corrected chi connectivity index (χ0v) is 18.3. The highest BCUT2D eigenvalue weighted by atomic mass is 16.2. The van der Waals surface area contributed by atoms with Gasteiger partial charge in [-0.05, 0) is 59.9 Å². The number of nitrogens with zero attached hydrogens (tertiary/aromatic N) is 5. The molecule has 0 atom stereocenters. The topological polar surface area (TPSA) is 93.0 Å². The van der Waals surface area contributed by atoms with Crippen molar-refractivity contribution < 1.29 is 9.59 Å². The molecule has 5 rings (SSSR count). The van der Waals surface area contributed by atoms with Crippen LogP contribution in [0.25, 0.3) is 17.5 Å². The van der Waals surface area contributed by atoms with Crippen LogP contribution in [-0.2, 0) is 9.59 Å². The Morgan fingerprint density at radius 3 is 2.52 bits per heavy atom. The van der Waals surface area contributed by atoms with Crippen LogP contribution >= 0.6 is 0 Å². The van der Waals surface area contributed by atoms with Gasteiger partial charge in [0.2, 0.25) is 11.8 Å². The van der Waals surface area contributed by atoms with Crippen LogP contribution in [0.5, 0.6) is 0 Å². The summed E-state index contributed by atoms with van der Waals surface area (Å²) in [6.07, 6.45) is 6.92. The molecule has 3 aromatic rings. The van der Waals surface area contributed by atoms with Crippen LogP contribution < -0.4 is 5.32 Å². The molecule has 2 aromatic carbocycles. The summed E-state index contributed by atoms with van der Waals surface area (Å²) in [5.41, 5.74) is 2.61. The minimum absolute atomic E-state index is 0.0131. The van der Waals surface area contributed by atoms with E-state index in [4.69, 9.17) is 0 Å². The summed E-state index contributed by atoms with van der Waals surface area (Å²) in [7, 11) is 0. The van der Waals surface area contributed by atoms with E-state index < -0.39 is 0 Å². The second kappa shape index (κ2) is 9.36. The maximum atomic E-state index is 12.9. The second-order valence-corrected chi connectivity index (χ2v) is 8.59. The predicted molar refractivity (Wildman–Crippen MR) is 125 cm³/mol. The fraction of sp³-hybridized carbons (Fsp3) is 0.320. The van der Waals surface area contributed by atoms with Gasteiger partial charge in [-0.3, -0.25) is 9.59 Å². The van der Waals surface area contributed by atoms with E-state index in [-0.39, 0.29) is 17.7 Å². The molecule has 1 saturated carbocycles. The lowest BCUT2D eigenvalue weighted by molar-refractivity contribution is -0.130. The number of benzene rings is 2. The molecule has 33 heavy (non-hydrogen) atoms. The van der Waals surface area contributed by atoms with Crippen LogP contribution in [0.3, 0.4) is 0 Å². The van der Waals surface area contributed by atoms with Gasteiger partial charge in [-0.15, -0.1) is 5.10 Å². The van der Waals surface area contributed by atoms with Gasteiger partial charge in [0.1, 0.15) is 0 Å². The molecule has 0 radical (unpaired) electrons. The van der Waals surface area contributed by atoms with Crippen molar-refractivity contribution in [3.8, 4) is 11.4 Å². The molecule has 0 unspecified atom stereocenters. The van der Waals surface area contributed by atoms with Gasteiger partial charge < -0.3 is 10.2 Å². The molecule has 1 N–H and O–H groups in total. The number of tetrazole rings is 1. The number of carbonyl (C=O) groups excluding carboxylic acids is 2. The molecular formula is C25H26N6O2. The van der Waals surface area contributed by atoms with E-state index in [9.17, 15) is 9.59 Å². The number of aromatic nitrogens is 4. The highest BCUT2D eigenvalue weighted by Crippen LogP contribution is 2.36. The first kappa shape index (κ1) is 21.1. The molecule has 2 amide bonds. The molecule has 0 bridgehead atoms. The quantitative estimate of drug-likeness (QED) is 0.589. The molecule has 2 fully saturated rings. The van der Waals surface area contributed by atoms with Gasteiger partial charge in [0.15, 0.2) is 5.82 Å². The van der Waals surface area contributed by atoms with Crippen molar-refractivity contribution in [3.05, 3.63) is 66.2 Å². The summed E-state index contributed by atoms with van der Waals surface area (Å²) in [5, 5.41) is 15.1. The standard InChI is InChI=1S/C25H26N6O2/c32-23(12-9-18-5-2-1-3-6-18)30-15-13-19(14-16-30)25(33)26-21-8-4-7-20(17-21)24-27-28-29-31(24)22-10-11-22/h1-9,12,17,19,22H,10-11,13-16H2,(H,26,33)/b12-9+. The number of hydrogen-bond acceptors (Lipinski definition) is 5. The lowest BCUT2D eigenvalue weighted by Crippen LogP contribution is -2.40. The molecular weight excluding hydrogens is 416 g/mol. The monoisotopic (exact) mass is 442 g/mol. The number of hydrogen-bond donors (Lipinski definition) is 1. The van der Waals surface area contributed by atoms with Crippen molar-refractivity contribution in [1.29, 1.82) is 0 Å². The van der Waals surface area contributed by atoms with Gasteiger partial charge in [-0.2, -0.15) is 0 Å². The Kier molecular flexibility index (Phi) is 5.97. The van der Waals surface area contributed by atoms with Crippen LogP contribution in [0, 0.1) is 5.92 Å². The van der Waals surface area contributed by atoms with Gasteiger partial charge >= 0.3 is 0 Å². The number of likely N-dealkylation sites (tertiary alicyclic amines) is 1. The van der Waals surface area contributed by atoms with Crippen molar-refractivity contribution >= 4 is 23.6 Å². The molecule has 1 aliphatic heterocycles. The molecule has 1 aliphatic carbocycles. The highest BCUT2D eigenvalue weighted by Gasteiger charge is 2.29. The Labute approximate surface area is 192 Å². The predicted octanol–water partition coefficient (Wildman–Crippen LogP) is 3.57. The van der Waals surface area contributed by atoms with Gasteiger partial charge in [-0.25, -0.2) is 4.68 Å². The molecule has 8 heteroatoms. The smallest absolute Gasteiger partial charge is 0.246 e. The minimum atomic E-state index is -0.118. The van der Waals surface area contributed by atoms with Crippen molar-refractivity contribution in [2.75, 3.05) is 18.4 Å². The van der Waals surface area contributed by atoms with E-state index in [0.717, 1.165) is 35.5 Å². The molecule has 0 spiro atoms. The molecule has 1 aromatic heterocycles. The van der Waals surface area contributed by atoms with Crippen LogP contribution in [0.1, 0.15) is 37.3 Å². The lowest BCUT2D eigenvalue weighted by atomic mass is 9.95. The third kappa shape index (κ3) is 5.00. The number of piperidine rings is 1. The average molecular weight is 443 g/mol. The van der Waals surface area contributed by atoms with Crippen LogP contribution in [0.15, 0.2) is 60.7 Å². The fourth-order valence-corrected chi connectivity index (χ4v) is 4.13. The van der Waals surface area contributed by atoms with Crippen molar-refractivity contribution in [1.82, 2.24) is 25.1 Å². The maximum Gasteiger partial charge on any atom is 0.246 e. The number of carbonyl (C=O) groups is 2. The Hall–Kier alpha value is -3.81. The molecule has 2 aliphatic rings. The Balaban J connectivity index is 1.16. The van der Waals surface area contributed by atoms with Crippen molar-refractivity contribution in [2.24, 2.45) is 5.92 Å². The van der Waals surface area contributed by atoms with Gasteiger partial charge in [0.25, 0.3) is 0 Å². The van der Waals surface area contributed by atoms with Crippen LogP contribution in [-0.4, -0.2) is 50.0 Å². The Bertz CT molecular complexity index is 1160. The fourth-order valence-electron chi connectivity index (χ4n) is 4.13. The number of nitrogens with one attached hydrogen (secondary N) is 1. The second-order valence-electron chi connectivity index (χ2n) is 8.59. The number of amides is 2. The van der Waals surface area contributed by atoms with Crippen molar-refractivity contribution in [3.63, 3.8) is 0 Å². The largest absolute Gasteiger partial charge is 0.339 e. The first-order valence-electron chi connectivity index (χ1n) is 11.4. The first-order valence-corrected chi connectivity index (χ1v) is 11.4. The zero-order chi connectivity index (χ0) is 22.6. The zero-order valence-electron chi connectivity index (χ0n) is 18.3. The number of anilines is 1. The first-order chi connectivity index (χ1) is 16.2. The number of rotatable bonds is 6. The SMILES string of the molecule is O=C(Nc1cccc(-c2nnnn2C2CC2)c1)C1CCN(C(=O)/C=C/c2ccccc2)CC1. The van der Waals surface area contributed by atoms with Crippen LogP contribution in [0.2, 0.25) is 0 Å². The third-order valence-corrected chi connectivity index (χ3v) is 6.17. The minimum Gasteiger partial charge on any atom is -0.339 e. The summed E-state index contributed by atoms with van der Waals surface area (Å²) >= 11 is 0. The maximum absolute atomic E-state index is 12.9. The van der Waals surface area contributed by atoms with Crippen molar-refractivity contribution in [2.45, 2.75) is 31.7 Å². The Morgan fingerprint density at radius 1 is 0.970 bits per heavy atom. The van der Waals surface area contributed by atoms with Gasteiger partial charge in [-0.1, -0.05) is 42.5 Å². The summed E-state index contributed by atoms with van der Waals surface area (Å²) < 4.78 is 1.86. The van der Waals surface area contributed by atoms with Crippen LogP contribution in [0.4, 0.5) is 5.69 Å². The average Bonchev–Trinajstić information content (AvgIpc) is 3.59. The molecule has 2 heterocycles. The summed E-state index contributed by atoms with van der Waals surface area (Å²) in [6, 6.07) is 17.8. The summed E-state index contributed by atoms with van der Waals surface area (Å²) in [5.74, 6) is 0.580. The third-order valence-electron chi connectivity index (χ3n) is 6.17. The van der Waals surface area contributed by atoms with E-state index in [1.54, 1.807) is 6.08 Å². The molecule has 8 nitrogen and oxygen atoms in total. The Morgan fingerprint density at radius 2 is 1.76 bits per heavy atom. The van der Waals surface area contributed by atoms with E-state index in [1.165, 1.54) is 0 Å². The van der Waals surface area contributed by atoms with E-state index in [2.05, 4.69) is 20.8 Å². The highest BCUT2D eigenvalue weighted by molar-refractivity contribution is 5.94. The molecule has 168 valence electrons. The molecule has 1 saturated heterocycles. The summed E-state index contributed by atoms with van der Waals surface area (Å²) in [6.45, 7) is 1.15.